The van der Waals surface area contributed by atoms with Crippen molar-refractivity contribution in [2.45, 2.75) is 13.3 Å². The van der Waals surface area contributed by atoms with Gasteiger partial charge in [-0.05, 0) is 6.92 Å². The Kier molecular flexibility index (Phi) is 3.46. The van der Waals surface area contributed by atoms with Crippen molar-refractivity contribution in [1.82, 2.24) is 9.66 Å². The number of carbonyl (C=O) groups excluding carboxylic acids is 1. The number of hydrogen-bond acceptors (Lipinski definition) is 3. The maximum Gasteiger partial charge on any atom is 0.232 e. The summed E-state index contributed by atoms with van der Waals surface area (Å²) in [5, 5.41) is 7.45. The third-order valence-corrected chi connectivity index (χ3v) is 3.89. The number of benzene rings is 2. The molecule has 0 saturated heterocycles. The number of nitrogens with zero attached hydrogens (tertiary/aromatic N) is 3. The number of anilines is 1. The fourth-order valence-corrected chi connectivity index (χ4v) is 2.85. The minimum Gasteiger partial charge on any atom is -0.294 e. The molecule has 1 aliphatic rings. The summed E-state index contributed by atoms with van der Waals surface area (Å²) in [6.07, 6.45) is 0.276. The molecule has 3 aromatic rings. The highest BCUT2D eigenvalue weighted by Gasteiger charge is 2.23. The van der Waals surface area contributed by atoms with E-state index in [1.54, 1.807) is 4.68 Å². The first-order valence-electron chi connectivity index (χ1n) is 7.80. The number of amides is 1. The van der Waals surface area contributed by atoms with E-state index < -0.39 is 0 Å². The molecule has 0 spiro atoms. The highest BCUT2D eigenvalue weighted by atomic mass is 16.1. The van der Waals surface area contributed by atoms with Crippen LogP contribution in [0.1, 0.15) is 13.3 Å². The Hall–Kier alpha value is -3.21. The second-order valence-electron chi connectivity index (χ2n) is 5.74. The van der Waals surface area contributed by atoms with Crippen molar-refractivity contribution in [3.8, 4) is 22.5 Å². The molecule has 1 aromatic heterocycles. The molecule has 24 heavy (non-hydrogen) atoms. The summed E-state index contributed by atoms with van der Waals surface area (Å²) in [7, 11) is 0. The van der Waals surface area contributed by atoms with Crippen molar-refractivity contribution in [3.05, 3.63) is 60.7 Å². The number of fused-ring (bicyclic) bond motifs is 1. The molecule has 0 unspecified atom stereocenters. The monoisotopic (exact) mass is 316 g/mol. The van der Waals surface area contributed by atoms with E-state index in [4.69, 9.17) is 0 Å². The summed E-state index contributed by atoms with van der Waals surface area (Å²) < 4.78 is 1.73. The van der Waals surface area contributed by atoms with Gasteiger partial charge < -0.3 is 0 Å². The van der Waals surface area contributed by atoms with Crippen LogP contribution in [0.2, 0.25) is 0 Å². The lowest BCUT2D eigenvalue weighted by atomic mass is 10.1. The molecule has 0 bridgehead atoms. The topological polar surface area (TPSA) is 59.3 Å². The van der Waals surface area contributed by atoms with Gasteiger partial charge >= 0.3 is 0 Å². The Balaban J connectivity index is 2.02. The summed E-state index contributed by atoms with van der Waals surface area (Å²) in [6, 6.07) is 19.9. The average Bonchev–Trinajstić information content (AvgIpc) is 2.87. The molecule has 1 N–H and O–H groups in total. The number of carbonyl (C=O) groups is 1. The number of imidazole rings is 1. The molecule has 0 fully saturated rings. The van der Waals surface area contributed by atoms with Gasteiger partial charge in [0.1, 0.15) is 11.4 Å². The molecule has 0 atom stereocenters. The SMILES string of the molecule is CC1=Nn2c(nc(-c3ccccc3)c2-c2ccccc2)NC(=O)C1. The smallest absolute Gasteiger partial charge is 0.232 e. The molecule has 5 nitrogen and oxygen atoms in total. The van der Waals surface area contributed by atoms with Crippen molar-refractivity contribution < 1.29 is 4.79 Å². The van der Waals surface area contributed by atoms with Crippen LogP contribution < -0.4 is 5.32 Å². The van der Waals surface area contributed by atoms with Crippen LogP contribution in [-0.2, 0) is 4.79 Å². The highest BCUT2D eigenvalue weighted by Crippen LogP contribution is 2.35. The molecular weight excluding hydrogens is 300 g/mol. The second kappa shape index (κ2) is 5.77. The third-order valence-electron chi connectivity index (χ3n) is 3.89. The molecule has 118 valence electrons. The first-order valence-corrected chi connectivity index (χ1v) is 7.80. The summed E-state index contributed by atoms with van der Waals surface area (Å²) in [4.78, 5) is 16.7. The van der Waals surface area contributed by atoms with Gasteiger partial charge in [0.2, 0.25) is 11.9 Å². The van der Waals surface area contributed by atoms with E-state index in [1.165, 1.54) is 0 Å². The fourth-order valence-electron chi connectivity index (χ4n) is 2.85. The zero-order valence-corrected chi connectivity index (χ0v) is 13.2. The molecule has 0 aliphatic carbocycles. The van der Waals surface area contributed by atoms with E-state index in [0.717, 1.165) is 28.2 Å². The predicted molar refractivity (Wildman–Crippen MR) is 94.9 cm³/mol. The lowest BCUT2D eigenvalue weighted by Crippen LogP contribution is -2.13. The minimum absolute atomic E-state index is 0.0979. The van der Waals surface area contributed by atoms with Gasteiger partial charge in [0.15, 0.2) is 0 Å². The van der Waals surface area contributed by atoms with Crippen molar-refractivity contribution >= 4 is 17.6 Å². The van der Waals surface area contributed by atoms with Crippen LogP contribution in [0.4, 0.5) is 5.95 Å². The zero-order chi connectivity index (χ0) is 16.5. The van der Waals surface area contributed by atoms with Gasteiger partial charge in [0, 0.05) is 16.8 Å². The van der Waals surface area contributed by atoms with Crippen LogP contribution in [0.15, 0.2) is 65.8 Å². The van der Waals surface area contributed by atoms with Crippen molar-refractivity contribution in [1.29, 1.82) is 0 Å². The molecule has 4 rings (SSSR count). The third kappa shape index (κ3) is 2.50. The summed E-state index contributed by atoms with van der Waals surface area (Å²) in [5.74, 6) is 0.355. The molecule has 1 amide bonds. The van der Waals surface area contributed by atoms with Gasteiger partial charge in [0.25, 0.3) is 0 Å². The largest absolute Gasteiger partial charge is 0.294 e. The predicted octanol–water partition coefficient (Wildman–Crippen LogP) is 3.78. The van der Waals surface area contributed by atoms with Crippen LogP contribution in [0.5, 0.6) is 0 Å². The molecule has 0 radical (unpaired) electrons. The van der Waals surface area contributed by atoms with Crippen LogP contribution in [-0.4, -0.2) is 21.3 Å². The van der Waals surface area contributed by atoms with Gasteiger partial charge in [-0.3, -0.25) is 10.1 Å². The van der Waals surface area contributed by atoms with Crippen LogP contribution in [0.3, 0.4) is 0 Å². The molecule has 2 aromatic carbocycles. The maximum absolute atomic E-state index is 12.0. The van der Waals surface area contributed by atoms with E-state index in [2.05, 4.69) is 15.4 Å². The molecule has 0 saturated carbocycles. The lowest BCUT2D eigenvalue weighted by molar-refractivity contribution is -0.115. The second-order valence-corrected chi connectivity index (χ2v) is 5.74. The first-order chi connectivity index (χ1) is 11.7. The van der Waals surface area contributed by atoms with Crippen LogP contribution >= 0.6 is 0 Å². The van der Waals surface area contributed by atoms with Crippen LogP contribution in [0, 0.1) is 0 Å². The van der Waals surface area contributed by atoms with Crippen molar-refractivity contribution in [2.24, 2.45) is 5.10 Å². The van der Waals surface area contributed by atoms with Gasteiger partial charge in [-0.15, -0.1) is 0 Å². The zero-order valence-electron chi connectivity index (χ0n) is 13.2. The number of nitrogens with one attached hydrogen (secondary N) is 1. The lowest BCUT2D eigenvalue weighted by Gasteiger charge is -2.07. The molecule has 2 heterocycles. The standard InChI is InChI=1S/C19H16N4O/c1-13-12-16(24)20-19-21-17(14-8-4-2-5-9-14)18(23(19)22-13)15-10-6-3-7-11-15/h2-11H,12H2,1H3,(H,20,21,24). The first kappa shape index (κ1) is 14.4. The molecular formula is C19H16N4O. The van der Waals surface area contributed by atoms with E-state index in [-0.39, 0.29) is 12.3 Å². The maximum atomic E-state index is 12.0. The highest BCUT2D eigenvalue weighted by molar-refractivity contribution is 6.06. The van der Waals surface area contributed by atoms with E-state index in [9.17, 15) is 4.79 Å². The fraction of sp³-hybridized carbons (Fsp3) is 0.105. The van der Waals surface area contributed by atoms with Crippen molar-refractivity contribution in [3.63, 3.8) is 0 Å². The minimum atomic E-state index is -0.0979. The Morgan fingerprint density at radius 2 is 1.58 bits per heavy atom. The van der Waals surface area contributed by atoms with E-state index in [0.29, 0.717) is 5.95 Å². The van der Waals surface area contributed by atoms with E-state index >= 15 is 0 Å². The average molecular weight is 316 g/mol. The van der Waals surface area contributed by atoms with Gasteiger partial charge in [-0.1, -0.05) is 60.7 Å². The van der Waals surface area contributed by atoms with Crippen molar-refractivity contribution in [2.75, 3.05) is 5.32 Å². The molecule has 5 heteroatoms. The Morgan fingerprint density at radius 3 is 2.25 bits per heavy atom. The van der Waals surface area contributed by atoms with Crippen LogP contribution in [0.25, 0.3) is 22.5 Å². The van der Waals surface area contributed by atoms with Gasteiger partial charge in [0.05, 0.1) is 6.42 Å². The Morgan fingerprint density at radius 1 is 0.958 bits per heavy atom. The quantitative estimate of drug-likeness (QED) is 0.782. The Labute approximate surface area is 139 Å². The molecule has 1 aliphatic heterocycles. The Bertz CT molecular complexity index is 927. The summed E-state index contributed by atoms with van der Waals surface area (Å²) in [6.45, 7) is 1.85. The number of hydrogen-bond donors (Lipinski definition) is 1. The number of rotatable bonds is 2. The summed E-state index contributed by atoms with van der Waals surface area (Å²) in [5.41, 5.74) is 4.41. The van der Waals surface area contributed by atoms with Gasteiger partial charge in [-0.2, -0.15) is 9.78 Å². The van der Waals surface area contributed by atoms with Gasteiger partial charge in [-0.25, -0.2) is 4.98 Å². The number of aromatic nitrogens is 2. The van der Waals surface area contributed by atoms with E-state index in [1.807, 2.05) is 67.6 Å². The normalized spacial score (nSPS) is 13.7. The summed E-state index contributed by atoms with van der Waals surface area (Å²) >= 11 is 0.